The van der Waals surface area contributed by atoms with Crippen LogP contribution in [0.2, 0.25) is 0 Å². The minimum atomic E-state index is -0.467. The van der Waals surface area contributed by atoms with Gasteiger partial charge in [-0.05, 0) is 45.2 Å². The summed E-state index contributed by atoms with van der Waals surface area (Å²) >= 11 is 0. The molecular weight excluding hydrogens is 342 g/mol. The van der Waals surface area contributed by atoms with E-state index in [9.17, 15) is 4.79 Å². The van der Waals surface area contributed by atoms with Gasteiger partial charge in [-0.25, -0.2) is 9.79 Å². The van der Waals surface area contributed by atoms with Gasteiger partial charge in [-0.15, -0.1) is 0 Å². The molecule has 0 spiro atoms. The number of hydrogen-bond donors (Lipinski definition) is 3. The van der Waals surface area contributed by atoms with E-state index < -0.39 is 5.60 Å². The zero-order chi connectivity index (χ0) is 19.4. The number of H-pyrrole nitrogens is 1. The van der Waals surface area contributed by atoms with Crippen molar-refractivity contribution >= 4 is 23.0 Å². The van der Waals surface area contributed by atoms with Gasteiger partial charge in [0.15, 0.2) is 5.96 Å². The molecule has 1 aromatic carbocycles. The van der Waals surface area contributed by atoms with E-state index in [0.717, 1.165) is 23.7 Å². The number of aliphatic imine (C=N–C) groups is 1. The Morgan fingerprint density at radius 3 is 2.74 bits per heavy atom. The molecule has 0 bridgehead atoms. The van der Waals surface area contributed by atoms with E-state index in [1.54, 1.807) is 4.90 Å². The van der Waals surface area contributed by atoms with Gasteiger partial charge in [-0.3, -0.25) is 0 Å². The molecule has 3 rings (SSSR count). The van der Waals surface area contributed by atoms with Crippen LogP contribution in [0.5, 0.6) is 0 Å². The molecule has 2 aromatic rings. The summed E-state index contributed by atoms with van der Waals surface area (Å²) in [6.07, 6.45) is -0.263. The van der Waals surface area contributed by atoms with Gasteiger partial charge in [0.25, 0.3) is 0 Å². The second kappa shape index (κ2) is 7.90. The number of aromatic nitrogens is 1. The highest BCUT2D eigenvalue weighted by Crippen LogP contribution is 2.16. The summed E-state index contributed by atoms with van der Waals surface area (Å²) in [4.78, 5) is 21.8. The van der Waals surface area contributed by atoms with Crippen molar-refractivity contribution in [2.75, 3.05) is 19.6 Å². The van der Waals surface area contributed by atoms with Crippen LogP contribution in [-0.4, -0.2) is 53.2 Å². The Morgan fingerprint density at radius 2 is 2.07 bits per heavy atom. The Hall–Kier alpha value is -2.70. The van der Waals surface area contributed by atoms with E-state index in [2.05, 4.69) is 38.8 Å². The van der Waals surface area contributed by atoms with Crippen molar-refractivity contribution < 1.29 is 9.53 Å². The number of likely N-dealkylation sites (tertiary alicyclic amines) is 1. The summed E-state index contributed by atoms with van der Waals surface area (Å²) in [5.74, 6) is 0.755. The minimum absolute atomic E-state index is 0.179. The maximum Gasteiger partial charge on any atom is 0.410 e. The lowest BCUT2D eigenvalue weighted by molar-refractivity contribution is 0.00701. The molecule has 2 heterocycles. The zero-order valence-electron chi connectivity index (χ0n) is 16.5. The van der Waals surface area contributed by atoms with Gasteiger partial charge in [0.05, 0.1) is 12.6 Å². The summed E-state index contributed by atoms with van der Waals surface area (Å²) in [5, 5.41) is 7.83. The smallest absolute Gasteiger partial charge is 0.410 e. The molecule has 0 aliphatic carbocycles. The van der Waals surface area contributed by atoms with E-state index in [1.807, 2.05) is 39.8 Å². The molecule has 27 heavy (non-hydrogen) atoms. The first-order valence-electron chi connectivity index (χ1n) is 9.43. The first-order chi connectivity index (χ1) is 12.8. The van der Waals surface area contributed by atoms with Crippen LogP contribution in [0, 0.1) is 0 Å². The molecule has 1 aliphatic rings. The molecule has 7 nitrogen and oxygen atoms in total. The number of ether oxygens (including phenoxy) is 1. The average molecular weight is 371 g/mol. The highest BCUT2D eigenvalue weighted by molar-refractivity contribution is 5.82. The van der Waals surface area contributed by atoms with Crippen LogP contribution in [0.1, 0.15) is 33.4 Å². The van der Waals surface area contributed by atoms with E-state index in [4.69, 9.17) is 4.74 Å². The Balaban J connectivity index is 1.53. The summed E-state index contributed by atoms with van der Waals surface area (Å²) in [6.45, 7) is 10.2. The van der Waals surface area contributed by atoms with Crippen LogP contribution in [0.3, 0.4) is 0 Å². The number of hydrogen-bond acceptors (Lipinski definition) is 3. The van der Waals surface area contributed by atoms with Gasteiger partial charge < -0.3 is 25.3 Å². The van der Waals surface area contributed by atoms with Crippen molar-refractivity contribution in [3.05, 3.63) is 36.0 Å². The third kappa shape index (κ3) is 5.15. The Kier molecular flexibility index (Phi) is 5.58. The lowest BCUT2D eigenvalue weighted by Crippen LogP contribution is -2.63. The normalized spacial score (nSPS) is 15.6. The third-order valence-electron chi connectivity index (χ3n) is 4.21. The first-order valence-corrected chi connectivity index (χ1v) is 9.43. The van der Waals surface area contributed by atoms with Crippen LogP contribution >= 0.6 is 0 Å². The number of aromatic amines is 1. The zero-order valence-corrected chi connectivity index (χ0v) is 16.5. The van der Waals surface area contributed by atoms with Crippen molar-refractivity contribution in [3.63, 3.8) is 0 Å². The summed E-state index contributed by atoms with van der Waals surface area (Å²) in [6, 6.07) is 10.5. The fraction of sp³-hybridized carbons (Fsp3) is 0.500. The van der Waals surface area contributed by atoms with Gasteiger partial charge >= 0.3 is 6.09 Å². The fourth-order valence-corrected chi connectivity index (χ4v) is 2.94. The molecule has 0 unspecified atom stereocenters. The number of guanidine groups is 1. The topological polar surface area (TPSA) is 81.8 Å². The minimum Gasteiger partial charge on any atom is -0.444 e. The molecule has 3 N–H and O–H groups in total. The van der Waals surface area contributed by atoms with E-state index in [0.29, 0.717) is 19.6 Å². The maximum atomic E-state index is 12.0. The highest BCUT2D eigenvalue weighted by Gasteiger charge is 2.34. The quantitative estimate of drug-likeness (QED) is 0.570. The molecule has 7 heteroatoms. The number of amides is 1. The number of carbonyl (C=O) groups is 1. The van der Waals surface area contributed by atoms with Crippen LogP contribution < -0.4 is 10.6 Å². The summed E-state index contributed by atoms with van der Waals surface area (Å²) in [7, 11) is 0. The van der Waals surface area contributed by atoms with Crippen LogP contribution in [-0.2, 0) is 11.3 Å². The summed E-state index contributed by atoms with van der Waals surface area (Å²) in [5.41, 5.74) is 1.72. The monoisotopic (exact) mass is 371 g/mol. The number of nitrogens with one attached hydrogen (secondary N) is 3. The van der Waals surface area contributed by atoms with E-state index in [1.165, 1.54) is 5.39 Å². The molecule has 1 amide bonds. The van der Waals surface area contributed by atoms with Crippen LogP contribution in [0.15, 0.2) is 35.3 Å². The van der Waals surface area contributed by atoms with Crippen LogP contribution in [0.25, 0.3) is 10.9 Å². The Bertz CT molecular complexity index is 782. The molecule has 0 radical (unpaired) electrons. The predicted molar refractivity (Wildman–Crippen MR) is 108 cm³/mol. The third-order valence-corrected chi connectivity index (χ3v) is 4.21. The number of carbonyl (C=O) groups excluding carboxylic acids is 1. The predicted octanol–water partition coefficient (Wildman–Crippen LogP) is 2.84. The van der Waals surface area contributed by atoms with Gasteiger partial charge in [-0.2, -0.15) is 0 Å². The lowest BCUT2D eigenvalue weighted by Gasteiger charge is -2.40. The number of rotatable bonds is 4. The first kappa shape index (κ1) is 19.1. The highest BCUT2D eigenvalue weighted by atomic mass is 16.6. The van der Waals surface area contributed by atoms with Crippen molar-refractivity contribution in [1.29, 1.82) is 0 Å². The molecule has 1 fully saturated rings. The van der Waals surface area contributed by atoms with Crippen molar-refractivity contribution in [3.8, 4) is 0 Å². The number of para-hydroxylation sites is 1. The molecule has 146 valence electrons. The van der Waals surface area contributed by atoms with Gasteiger partial charge in [-0.1, -0.05) is 18.2 Å². The lowest BCUT2D eigenvalue weighted by atomic mass is 10.1. The number of nitrogens with zero attached hydrogens (tertiary/aromatic N) is 2. The van der Waals surface area contributed by atoms with Gasteiger partial charge in [0, 0.05) is 30.8 Å². The van der Waals surface area contributed by atoms with Crippen molar-refractivity contribution in [1.82, 2.24) is 20.5 Å². The molecule has 0 atom stereocenters. The van der Waals surface area contributed by atoms with E-state index >= 15 is 0 Å². The number of fused-ring (bicyclic) bond motifs is 1. The van der Waals surface area contributed by atoms with Crippen molar-refractivity contribution in [2.45, 2.75) is 45.9 Å². The molecular formula is C20H29N5O2. The Labute approximate surface area is 160 Å². The van der Waals surface area contributed by atoms with E-state index in [-0.39, 0.29) is 12.1 Å². The standard InChI is InChI=1S/C20H29N5O2/c1-5-21-18(22-11-15-10-14-8-6-7-9-17(14)23-15)24-16-12-25(13-16)19(26)27-20(2,3)4/h6-10,16,23H,5,11-13H2,1-4H3,(H2,21,22,24). The average Bonchev–Trinajstić information content (AvgIpc) is 2.96. The largest absolute Gasteiger partial charge is 0.444 e. The Morgan fingerprint density at radius 1 is 1.33 bits per heavy atom. The van der Waals surface area contributed by atoms with Gasteiger partial charge in [0.1, 0.15) is 5.60 Å². The molecule has 1 aliphatic heterocycles. The summed E-state index contributed by atoms with van der Waals surface area (Å²) < 4.78 is 5.39. The van der Waals surface area contributed by atoms with Crippen molar-refractivity contribution in [2.24, 2.45) is 4.99 Å². The molecule has 0 saturated carbocycles. The maximum absolute atomic E-state index is 12.0. The fourth-order valence-electron chi connectivity index (χ4n) is 2.94. The van der Waals surface area contributed by atoms with Crippen LogP contribution in [0.4, 0.5) is 4.79 Å². The number of benzene rings is 1. The SMILES string of the molecule is CCNC(=NCc1cc2ccccc2[nH]1)NC1CN(C(=O)OC(C)(C)C)C1. The molecule has 1 aromatic heterocycles. The second-order valence-electron chi connectivity index (χ2n) is 7.80. The second-order valence-corrected chi connectivity index (χ2v) is 7.80. The molecule has 1 saturated heterocycles. The van der Waals surface area contributed by atoms with Gasteiger partial charge in [0.2, 0.25) is 0 Å².